The fraction of sp³-hybridized carbons (Fsp3) is 0.438. The minimum absolute atomic E-state index is 0.166. The zero-order valence-corrected chi connectivity index (χ0v) is 12.2. The summed E-state index contributed by atoms with van der Waals surface area (Å²) in [5.74, 6) is 0.769. The van der Waals surface area contributed by atoms with Crippen molar-refractivity contribution in [1.82, 2.24) is 14.9 Å². The Morgan fingerprint density at radius 1 is 1.33 bits per heavy atom. The number of para-hydroxylation sites is 2. The molecule has 0 fully saturated rings. The number of imidazole rings is 1. The molecule has 0 amide bonds. The van der Waals surface area contributed by atoms with Gasteiger partial charge < -0.3 is 9.88 Å². The molecule has 0 aliphatic carbocycles. The number of aromatic nitrogens is 2. The van der Waals surface area contributed by atoms with Crippen LogP contribution in [0.25, 0.3) is 11.0 Å². The first kappa shape index (κ1) is 15.0. The lowest BCUT2D eigenvalue weighted by Gasteiger charge is -2.13. The van der Waals surface area contributed by atoms with Crippen LogP contribution in [-0.4, -0.2) is 22.1 Å². The van der Waals surface area contributed by atoms with Gasteiger partial charge in [-0.2, -0.15) is 10.5 Å². The number of rotatable bonds is 7. The number of hydrogen-bond acceptors (Lipinski definition) is 4. The van der Waals surface area contributed by atoms with Gasteiger partial charge in [-0.3, -0.25) is 0 Å². The molecule has 108 valence electrons. The van der Waals surface area contributed by atoms with Gasteiger partial charge in [0.25, 0.3) is 0 Å². The molecule has 1 aromatic heterocycles. The molecule has 1 atom stereocenters. The lowest BCUT2D eigenvalue weighted by atomic mass is 10.2. The van der Waals surface area contributed by atoms with E-state index in [-0.39, 0.29) is 12.5 Å². The topological polar surface area (TPSA) is 77.4 Å². The fourth-order valence-electron chi connectivity index (χ4n) is 2.37. The molecule has 0 bridgehead atoms. The first-order valence-electron chi connectivity index (χ1n) is 7.24. The van der Waals surface area contributed by atoms with Gasteiger partial charge >= 0.3 is 0 Å². The van der Waals surface area contributed by atoms with Crippen LogP contribution >= 0.6 is 0 Å². The quantitative estimate of drug-likeness (QED) is 0.845. The van der Waals surface area contributed by atoms with Gasteiger partial charge in [0.2, 0.25) is 0 Å². The van der Waals surface area contributed by atoms with E-state index in [0.29, 0.717) is 13.0 Å². The van der Waals surface area contributed by atoms with E-state index in [9.17, 15) is 5.26 Å². The first-order valence-corrected chi connectivity index (χ1v) is 7.24. The molecule has 1 unspecified atom stereocenters. The van der Waals surface area contributed by atoms with Crippen LogP contribution in [-0.2, 0) is 13.0 Å². The SMILES string of the molecule is CCCNC(C#N)CCn1c(CC#N)nc2ccccc21. The van der Waals surface area contributed by atoms with Gasteiger partial charge in [-0.15, -0.1) is 0 Å². The van der Waals surface area contributed by atoms with Crippen molar-refractivity contribution in [1.29, 1.82) is 10.5 Å². The highest BCUT2D eigenvalue weighted by Crippen LogP contribution is 2.17. The molecule has 1 aromatic carbocycles. The molecule has 0 aliphatic rings. The largest absolute Gasteiger partial charge is 0.327 e. The van der Waals surface area contributed by atoms with Gasteiger partial charge in [-0.05, 0) is 31.5 Å². The van der Waals surface area contributed by atoms with Crippen molar-refractivity contribution in [2.24, 2.45) is 0 Å². The van der Waals surface area contributed by atoms with E-state index in [1.165, 1.54) is 0 Å². The Bertz CT molecular complexity index is 674. The summed E-state index contributed by atoms with van der Waals surface area (Å²) in [7, 11) is 0. The van der Waals surface area contributed by atoms with E-state index in [2.05, 4.69) is 33.9 Å². The molecule has 5 nitrogen and oxygen atoms in total. The summed E-state index contributed by atoms with van der Waals surface area (Å²) in [5.41, 5.74) is 1.92. The summed E-state index contributed by atoms with van der Waals surface area (Å²) in [5, 5.41) is 21.3. The van der Waals surface area contributed by atoms with Crippen LogP contribution in [0.5, 0.6) is 0 Å². The van der Waals surface area contributed by atoms with Gasteiger partial charge in [0, 0.05) is 6.54 Å². The predicted octanol–water partition coefficient (Wildman–Crippen LogP) is 2.38. The maximum absolute atomic E-state index is 9.18. The van der Waals surface area contributed by atoms with E-state index >= 15 is 0 Å². The highest BCUT2D eigenvalue weighted by molar-refractivity contribution is 5.75. The van der Waals surface area contributed by atoms with Crippen LogP contribution in [0.3, 0.4) is 0 Å². The molecule has 0 spiro atoms. The Hall–Kier alpha value is -2.37. The summed E-state index contributed by atoms with van der Waals surface area (Å²) in [6, 6.07) is 12.1. The minimum atomic E-state index is -0.166. The number of hydrogen-bond donors (Lipinski definition) is 1. The van der Waals surface area contributed by atoms with Crippen LogP contribution in [0, 0.1) is 22.7 Å². The maximum Gasteiger partial charge on any atom is 0.124 e. The van der Waals surface area contributed by atoms with Crippen molar-refractivity contribution in [3.63, 3.8) is 0 Å². The van der Waals surface area contributed by atoms with Crippen molar-refractivity contribution in [3.8, 4) is 12.1 Å². The molecular formula is C16H19N5. The monoisotopic (exact) mass is 281 g/mol. The molecule has 0 saturated heterocycles. The number of nitrogens with one attached hydrogen (secondary N) is 1. The molecule has 2 rings (SSSR count). The van der Waals surface area contributed by atoms with Crippen molar-refractivity contribution in [2.45, 2.75) is 38.8 Å². The summed E-state index contributed by atoms with van der Waals surface area (Å²) in [6.45, 7) is 3.61. The second-order valence-corrected chi connectivity index (χ2v) is 4.93. The summed E-state index contributed by atoms with van der Waals surface area (Å²) in [6.07, 6.45) is 2.00. The van der Waals surface area contributed by atoms with E-state index < -0.39 is 0 Å². The Morgan fingerprint density at radius 3 is 2.86 bits per heavy atom. The van der Waals surface area contributed by atoms with Crippen molar-refractivity contribution < 1.29 is 0 Å². The Balaban J connectivity index is 2.18. The number of nitrogens with zero attached hydrogens (tertiary/aromatic N) is 4. The van der Waals surface area contributed by atoms with Crippen LogP contribution < -0.4 is 5.32 Å². The molecule has 0 saturated carbocycles. The lowest BCUT2D eigenvalue weighted by Crippen LogP contribution is -2.29. The Morgan fingerprint density at radius 2 is 2.14 bits per heavy atom. The molecule has 1 N–H and O–H groups in total. The fourth-order valence-corrected chi connectivity index (χ4v) is 2.37. The number of nitriles is 2. The number of fused-ring (bicyclic) bond motifs is 1. The maximum atomic E-state index is 9.18. The van der Waals surface area contributed by atoms with Crippen molar-refractivity contribution in [2.75, 3.05) is 6.54 Å². The molecule has 2 aromatic rings. The second-order valence-electron chi connectivity index (χ2n) is 4.93. The zero-order valence-electron chi connectivity index (χ0n) is 12.2. The standard InChI is InChI=1S/C16H19N5/c1-2-10-19-13(12-18)8-11-21-15-6-4-3-5-14(15)20-16(21)7-9-17/h3-6,13,19H,2,7-8,10-11H2,1H3. The highest BCUT2D eigenvalue weighted by atomic mass is 15.1. The third-order valence-electron chi connectivity index (χ3n) is 3.41. The van der Waals surface area contributed by atoms with Crippen LogP contribution in [0.4, 0.5) is 0 Å². The Kier molecular flexibility index (Phi) is 5.31. The molecule has 1 heterocycles. The summed E-state index contributed by atoms with van der Waals surface area (Å²) >= 11 is 0. The second kappa shape index (κ2) is 7.42. The van der Waals surface area contributed by atoms with Gasteiger partial charge in [-0.25, -0.2) is 4.98 Å². The summed E-state index contributed by atoms with van der Waals surface area (Å²) < 4.78 is 2.05. The molecular weight excluding hydrogens is 262 g/mol. The van der Waals surface area contributed by atoms with Crippen molar-refractivity contribution >= 4 is 11.0 Å². The minimum Gasteiger partial charge on any atom is -0.327 e. The van der Waals surface area contributed by atoms with Gasteiger partial charge in [0.15, 0.2) is 0 Å². The van der Waals surface area contributed by atoms with Crippen LogP contribution in [0.15, 0.2) is 24.3 Å². The van der Waals surface area contributed by atoms with Crippen LogP contribution in [0.1, 0.15) is 25.6 Å². The zero-order chi connectivity index (χ0) is 15.1. The van der Waals surface area contributed by atoms with E-state index in [1.54, 1.807) is 0 Å². The predicted molar refractivity (Wildman–Crippen MR) is 81.4 cm³/mol. The molecule has 0 radical (unpaired) electrons. The average Bonchev–Trinajstić information content (AvgIpc) is 2.85. The van der Waals surface area contributed by atoms with Gasteiger partial charge in [0.05, 0.1) is 35.6 Å². The number of benzene rings is 1. The van der Waals surface area contributed by atoms with Crippen LogP contribution in [0.2, 0.25) is 0 Å². The van der Waals surface area contributed by atoms with E-state index in [4.69, 9.17) is 5.26 Å². The van der Waals surface area contributed by atoms with Gasteiger partial charge in [0.1, 0.15) is 5.82 Å². The van der Waals surface area contributed by atoms with Gasteiger partial charge in [-0.1, -0.05) is 19.1 Å². The van der Waals surface area contributed by atoms with Crippen molar-refractivity contribution in [3.05, 3.63) is 30.1 Å². The normalized spacial score (nSPS) is 12.0. The molecule has 0 aliphatic heterocycles. The average molecular weight is 281 g/mol. The molecule has 5 heteroatoms. The smallest absolute Gasteiger partial charge is 0.124 e. The van der Waals surface area contributed by atoms with E-state index in [1.807, 2.05) is 24.3 Å². The van der Waals surface area contributed by atoms with E-state index in [0.717, 1.165) is 29.8 Å². The third kappa shape index (κ3) is 3.59. The first-order chi connectivity index (χ1) is 10.3. The lowest BCUT2D eigenvalue weighted by molar-refractivity contribution is 0.515. The molecule has 21 heavy (non-hydrogen) atoms. The summed E-state index contributed by atoms with van der Waals surface area (Å²) in [4.78, 5) is 4.51. The highest BCUT2D eigenvalue weighted by Gasteiger charge is 2.12. The number of aryl methyl sites for hydroxylation is 1. The third-order valence-corrected chi connectivity index (χ3v) is 3.41. The Labute approximate surface area is 124 Å².